The zero-order valence-electron chi connectivity index (χ0n) is 14.9. The lowest BCUT2D eigenvalue weighted by Crippen LogP contribution is -2.33. The van der Waals surface area contributed by atoms with Crippen molar-refractivity contribution in [3.63, 3.8) is 0 Å². The van der Waals surface area contributed by atoms with Crippen LogP contribution in [0, 0.1) is 0 Å². The van der Waals surface area contributed by atoms with Crippen LogP contribution < -0.4 is 10.6 Å². The Bertz CT molecular complexity index is 788. The maximum atomic E-state index is 12.5. The predicted octanol–water partition coefficient (Wildman–Crippen LogP) is 2.37. The number of ether oxygens (including phenoxy) is 1. The molecule has 1 fully saturated rings. The highest BCUT2D eigenvalue weighted by Crippen LogP contribution is 2.19. The van der Waals surface area contributed by atoms with Gasteiger partial charge in [-0.15, -0.1) is 0 Å². The van der Waals surface area contributed by atoms with Crippen molar-refractivity contribution in [3.05, 3.63) is 71.8 Å². The molecule has 2 N–H and O–H groups in total. The molecule has 140 valence electrons. The second-order valence-electron chi connectivity index (χ2n) is 6.51. The quantitative estimate of drug-likeness (QED) is 0.703. The van der Waals surface area contributed by atoms with Crippen LogP contribution in [0.4, 0.5) is 0 Å². The maximum Gasteiger partial charge on any atom is 0.308 e. The first-order valence-electron chi connectivity index (χ1n) is 8.97. The van der Waals surface area contributed by atoms with Crippen molar-refractivity contribution in [1.29, 1.82) is 0 Å². The van der Waals surface area contributed by atoms with Gasteiger partial charge in [0.1, 0.15) is 0 Å². The molecule has 0 bridgehead atoms. The molecule has 0 spiro atoms. The summed E-state index contributed by atoms with van der Waals surface area (Å²) < 4.78 is 5.07. The maximum absolute atomic E-state index is 12.5. The minimum atomic E-state index is -0.544. The van der Waals surface area contributed by atoms with Gasteiger partial charge in [-0.1, -0.05) is 48.5 Å². The summed E-state index contributed by atoms with van der Waals surface area (Å²) >= 11 is 0. The topological polar surface area (TPSA) is 84.5 Å². The minimum absolute atomic E-state index is 0.0563. The molecule has 27 heavy (non-hydrogen) atoms. The van der Waals surface area contributed by atoms with Crippen molar-refractivity contribution in [2.75, 3.05) is 6.61 Å². The molecule has 6 nitrogen and oxygen atoms in total. The Labute approximate surface area is 157 Å². The zero-order valence-corrected chi connectivity index (χ0v) is 14.9. The first-order chi connectivity index (χ1) is 13.1. The number of esters is 1. The Balaban J connectivity index is 1.60. The van der Waals surface area contributed by atoms with Gasteiger partial charge in [-0.05, 0) is 30.5 Å². The van der Waals surface area contributed by atoms with E-state index in [1.165, 1.54) is 0 Å². The van der Waals surface area contributed by atoms with Gasteiger partial charge in [0.25, 0.3) is 11.8 Å². The molecule has 2 amide bonds. The zero-order chi connectivity index (χ0) is 19.1. The van der Waals surface area contributed by atoms with Gasteiger partial charge < -0.3 is 15.4 Å². The minimum Gasteiger partial charge on any atom is -0.456 e. The highest BCUT2D eigenvalue weighted by molar-refractivity contribution is 5.94. The molecular formula is C21H22N2O4. The molecule has 1 unspecified atom stereocenters. The molecule has 1 atom stereocenters. The lowest BCUT2D eigenvalue weighted by Gasteiger charge is -2.18. The standard InChI is InChI=1S/C21H22N2O4/c24-19(22-17-11-12-17)14-27-20(25)13-18(15-7-3-1-4-8-15)23-21(26)16-9-5-2-6-10-16/h1-10,17-18H,11-14H2,(H,22,24)(H,23,26). The Morgan fingerprint density at radius 2 is 1.59 bits per heavy atom. The van der Waals surface area contributed by atoms with Gasteiger partial charge in [-0.3, -0.25) is 14.4 Å². The molecule has 0 aromatic heterocycles. The molecule has 0 saturated heterocycles. The summed E-state index contributed by atoms with van der Waals surface area (Å²) in [4.78, 5) is 36.3. The third kappa shape index (κ3) is 5.95. The summed E-state index contributed by atoms with van der Waals surface area (Å²) in [5, 5.41) is 5.63. The van der Waals surface area contributed by atoms with E-state index >= 15 is 0 Å². The lowest BCUT2D eigenvalue weighted by molar-refractivity contribution is -0.149. The van der Waals surface area contributed by atoms with Crippen LogP contribution in [-0.2, 0) is 14.3 Å². The van der Waals surface area contributed by atoms with E-state index in [0.717, 1.165) is 18.4 Å². The molecule has 1 aliphatic rings. The number of carbonyl (C=O) groups excluding carboxylic acids is 3. The van der Waals surface area contributed by atoms with Gasteiger partial charge in [0.2, 0.25) is 0 Å². The van der Waals surface area contributed by atoms with E-state index in [0.29, 0.717) is 5.56 Å². The lowest BCUT2D eigenvalue weighted by atomic mass is 10.0. The Morgan fingerprint density at radius 1 is 0.963 bits per heavy atom. The fraction of sp³-hybridized carbons (Fsp3) is 0.286. The summed E-state index contributed by atoms with van der Waals surface area (Å²) in [6.45, 7) is -0.302. The van der Waals surface area contributed by atoms with Crippen LogP contribution in [0.3, 0.4) is 0 Å². The largest absolute Gasteiger partial charge is 0.456 e. The van der Waals surface area contributed by atoms with Gasteiger partial charge in [-0.25, -0.2) is 0 Å². The van der Waals surface area contributed by atoms with Gasteiger partial charge in [0, 0.05) is 11.6 Å². The highest BCUT2D eigenvalue weighted by Gasteiger charge is 2.24. The first kappa shape index (κ1) is 18.6. The van der Waals surface area contributed by atoms with Crippen LogP contribution in [0.5, 0.6) is 0 Å². The van der Waals surface area contributed by atoms with E-state index in [9.17, 15) is 14.4 Å². The Morgan fingerprint density at radius 3 is 2.22 bits per heavy atom. The number of hydrogen-bond donors (Lipinski definition) is 2. The van der Waals surface area contributed by atoms with Crippen molar-refractivity contribution in [1.82, 2.24) is 10.6 Å². The molecule has 2 aromatic carbocycles. The second-order valence-corrected chi connectivity index (χ2v) is 6.51. The van der Waals surface area contributed by atoms with Crippen molar-refractivity contribution in [2.45, 2.75) is 31.3 Å². The number of rotatable bonds is 8. The average Bonchev–Trinajstić information content (AvgIpc) is 3.51. The normalized spacial score (nSPS) is 14.1. The SMILES string of the molecule is O=C(COC(=O)CC(NC(=O)c1ccccc1)c1ccccc1)NC1CC1. The second kappa shape index (κ2) is 8.98. The molecule has 2 aromatic rings. The van der Waals surface area contributed by atoms with Crippen LogP contribution in [0.25, 0.3) is 0 Å². The molecule has 1 aliphatic carbocycles. The van der Waals surface area contributed by atoms with E-state index in [1.807, 2.05) is 36.4 Å². The van der Waals surface area contributed by atoms with Gasteiger partial charge in [-0.2, -0.15) is 0 Å². The van der Waals surface area contributed by atoms with Crippen LogP contribution >= 0.6 is 0 Å². The third-order valence-corrected chi connectivity index (χ3v) is 4.22. The van der Waals surface area contributed by atoms with Crippen molar-refractivity contribution in [2.24, 2.45) is 0 Å². The number of benzene rings is 2. The summed E-state index contributed by atoms with van der Waals surface area (Å²) in [5.74, 6) is -1.11. The summed E-state index contributed by atoms with van der Waals surface area (Å²) in [6, 6.07) is 17.7. The molecule has 1 saturated carbocycles. The highest BCUT2D eigenvalue weighted by atomic mass is 16.5. The molecule has 0 aliphatic heterocycles. The molecule has 6 heteroatoms. The van der Waals surface area contributed by atoms with Gasteiger partial charge in [0.05, 0.1) is 12.5 Å². The number of hydrogen-bond acceptors (Lipinski definition) is 4. The first-order valence-corrected chi connectivity index (χ1v) is 8.97. The summed E-state index contributed by atoms with van der Waals surface area (Å²) in [5.41, 5.74) is 1.30. The van der Waals surface area contributed by atoms with Crippen molar-refractivity contribution in [3.8, 4) is 0 Å². The summed E-state index contributed by atoms with van der Waals surface area (Å²) in [7, 11) is 0. The smallest absolute Gasteiger partial charge is 0.308 e. The van der Waals surface area contributed by atoms with Crippen molar-refractivity contribution < 1.29 is 19.1 Å². The Kier molecular flexibility index (Phi) is 6.20. The van der Waals surface area contributed by atoms with E-state index in [4.69, 9.17) is 4.74 Å². The van der Waals surface area contributed by atoms with Crippen LogP contribution in [0.15, 0.2) is 60.7 Å². The molecule has 3 rings (SSSR count). The monoisotopic (exact) mass is 366 g/mol. The number of nitrogens with one attached hydrogen (secondary N) is 2. The number of amides is 2. The van der Waals surface area contributed by atoms with E-state index in [2.05, 4.69) is 10.6 Å². The predicted molar refractivity (Wildman–Crippen MR) is 99.8 cm³/mol. The fourth-order valence-electron chi connectivity index (χ4n) is 2.64. The van der Waals surface area contributed by atoms with Crippen LogP contribution in [0.1, 0.15) is 41.2 Å². The molecule has 0 radical (unpaired) electrons. The van der Waals surface area contributed by atoms with Gasteiger partial charge in [0.15, 0.2) is 6.61 Å². The van der Waals surface area contributed by atoms with Crippen LogP contribution in [-0.4, -0.2) is 30.4 Å². The Hall–Kier alpha value is -3.15. The van der Waals surface area contributed by atoms with Gasteiger partial charge >= 0.3 is 5.97 Å². The average molecular weight is 366 g/mol. The van der Waals surface area contributed by atoms with Crippen LogP contribution in [0.2, 0.25) is 0 Å². The third-order valence-electron chi connectivity index (χ3n) is 4.22. The number of carbonyl (C=O) groups is 3. The molecular weight excluding hydrogens is 344 g/mol. The molecule has 0 heterocycles. The van der Waals surface area contributed by atoms with E-state index < -0.39 is 12.0 Å². The summed E-state index contributed by atoms with van der Waals surface area (Å²) in [6.07, 6.45) is 1.89. The fourth-order valence-corrected chi connectivity index (χ4v) is 2.64. The van der Waals surface area contributed by atoms with E-state index in [1.54, 1.807) is 24.3 Å². The van der Waals surface area contributed by atoms with E-state index in [-0.39, 0.29) is 30.9 Å². The van der Waals surface area contributed by atoms with Crippen molar-refractivity contribution >= 4 is 17.8 Å².